The van der Waals surface area contributed by atoms with Crippen LogP contribution in [0.25, 0.3) is 5.69 Å². The van der Waals surface area contributed by atoms with Crippen molar-refractivity contribution in [3.63, 3.8) is 0 Å². The Morgan fingerprint density at radius 3 is 2.33 bits per heavy atom. The van der Waals surface area contributed by atoms with Gasteiger partial charge in [-0.15, -0.1) is 0 Å². The number of ether oxygens (including phenoxy) is 2. The second-order valence-corrected chi connectivity index (χ2v) is 6.06. The van der Waals surface area contributed by atoms with E-state index in [1.807, 2.05) is 6.07 Å². The fraction of sp³-hybridized carbons (Fsp3) is 0.294. The van der Waals surface area contributed by atoms with Crippen LogP contribution in [0.1, 0.15) is 37.0 Å². The molecule has 0 aliphatic carbocycles. The van der Waals surface area contributed by atoms with Crippen LogP contribution < -0.4 is 4.74 Å². The van der Waals surface area contributed by atoms with Gasteiger partial charge in [0.1, 0.15) is 11.8 Å². The number of carbonyl (C=O) groups excluding carboxylic acids is 2. The van der Waals surface area contributed by atoms with Crippen LogP contribution in [0.4, 0.5) is 0 Å². The van der Waals surface area contributed by atoms with Crippen molar-refractivity contribution in [3.05, 3.63) is 41.7 Å². The molecule has 7 nitrogen and oxygen atoms in total. The van der Waals surface area contributed by atoms with Gasteiger partial charge in [-0.25, -0.2) is 9.48 Å². The maximum atomic E-state index is 12.3. The average molecular weight is 327 g/mol. The van der Waals surface area contributed by atoms with Crippen LogP contribution in [0.15, 0.2) is 30.3 Å². The molecule has 0 saturated carbocycles. The van der Waals surface area contributed by atoms with E-state index in [-0.39, 0.29) is 11.4 Å². The van der Waals surface area contributed by atoms with Crippen molar-refractivity contribution >= 4 is 11.9 Å². The normalized spacial score (nSPS) is 10.8. The number of aromatic nitrogens is 2. The van der Waals surface area contributed by atoms with Crippen LogP contribution >= 0.6 is 0 Å². The molecule has 1 aromatic heterocycles. The van der Waals surface area contributed by atoms with E-state index in [2.05, 4.69) is 5.10 Å². The van der Waals surface area contributed by atoms with Gasteiger partial charge in [0, 0.05) is 6.07 Å². The molecule has 0 aliphatic rings. The molecule has 0 bridgehead atoms. The van der Waals surface area contributed by atoms with E-state index in [4.69, 9.17) is 14.7 Å². The molecule has 0 amide bonds. The largest absolute Gasteiger partial charge is 0.497 e. The number of hydrogen-bond donors (Lipinski definition) is 0. The third kappa shape index (κ3) is 3.60. The minimum atomic E-state index is -0.861. The number of nitriles is 1. The first-order valence-electron chi connectivity index (χ1n) is 7.17. The number of carbonyl (C=O) groups is 2. The summed E-state index contributed by atoms with van der Waals surface area (Å²) < 4.78 is 11.2. The Labute approximate surface area is 139 Å². The number of hydrogen-bond acceptors (Lipinski definition) is 6. The molecule has 2 rings (SSSR count). The smallest absolute Gasteiger partial charge is 0.364 e. The van der Waals surface area contributed by atoms with E-state index < -0.39 is 17.4 Å². The van der Waals surface area contributed by atoms with Crippen LogP contribution in [-0.2, 0) is 9.53 Å². The van der Waals surface area contributed by atoms with E-state index in [1.165, 1.54) is 17.9 Å². The lowest BCUT2D eigenvalue weighted by molar-refractivity contribution is -0.146. The Hall–Kier alpha value is -3.14. The Balaban J connectivity index is 2.39. The molecular formula is C17H17N3O4. The summed E-state index contributed by atoms with van der Waals surface area (Å²) in [5.74, 6) is -0.883. The molecule has 1 heterocycles. The van der Waals surface area contributed by atoms with Gasteiger partial charge in [-0.1, -0.05) is 0 Å². The fourth-order valence-corrected chi connectivity index (χ4v) is 1.79. The fourth-order valence-electron chi connectivity index (χ4n) is 1.79. The van der Waals surface area contributed by atoms with Gasteiger partial charge >= 0.3 is 11.9 Å². The minimum absolute atomic E-state index is 0.00526. The number of nitrogens with zero attached hydrogens (tertiary/aromatic N) is 3. The van der Waals surface area contributed by atoms with Crippen molar-refractivity contribution in [1.29, 1.82) is 5.26 Å². The maximum absolute atomic E-state index is 12.3. The molecule has 1 aromatic carbocycles. The van der Waals surface area contributed by atoms with E-state index in [1.54, 1.807) is 45.0 Å². The van der Waals surface area contributed by atoms with Gasteiger partial charge in [-0.05, 0) is 45.0 Å². The van der Waals surface area contributed by atoms with Gasteiger partial charge in [0.15, 0.2) is 11.4 Å². The van der Waals surface area contributed by atoms with Crippen LogP contribution in [0.2, 0.25) is 0 Å². The summed E-state index contributed by atoms with van der Waals surface area (Å²) in [4.78, 5) is 24.2. The first-order valence-corrected chi connectivity index (χ1v) is 7.17. The van der Waals surface area contributed by atoms with Crippen molar-refractivity contribution in [2.24, 2.45) is 5.41 Å². The monoisotopic (exact) mass is 327 g/mol. The lowest BCUT2D eigenvalue weighted by atomic mass is 9.97. The highest BCUT2D eigenvalue weighted by Gasteiger charge is 2.28. The Kier molecular flexibility index (Phi) is 4.69. The summed E-state index contributed by atoms with van der Waals surface area (Å²) in [5.41, 5.74) is -0.249. The van der Waals surface area contributed by atoms with Crippen molar-refractivity contribution in [1.82, 2.24) is 9.78 Å². The quantitative estimate of drug-likeness (QED) is 0.635. The van der Waals surface area contributed by atoms with Gasteiger partial charge in [0.05, 0.1) is 18.2 Å². The van der Waals surface area contributed by atoms with Gasteiger partial charge in [-0.3, -0.25) is 4.79 Å². The molecule has 0 aliphatic heterocycles. The number of benzene rings is 1. The Morgan fingerprint density at radius 2 is 1.83 bits per heavy atom. The second-order valence-electron chi connectivity index (χ2n) is 6.06. The third-order valence-electron chi connectivity index (χ3n) is 3.15. The van der Waals surface area contributed by atoms with E-state index >= 15 is 0 Å². The lowest BCUT2D eigenvalue weighted by Crippen LogP contribution is -2.26. The lowest BCUT2D eigenvalue weighted by Gasteiger charge is -2.15. The zero-order valence-corrected chi connectivity index (χ0v) is 13.9. The van der Waals surface area contributed by atoms with E-state index in [0.717, 1.165) is 0 Å². The van der Waals surface area contributed by atoms with E-state index in [9.17, 15) is 9.59 Å². The molecular weight excluding hydrogens is 310 g/mol. The molecule has 0 N–H and O–H groups in total. The summed E-state index contributed by atoms with van der Waals surface area (Å²) in [5, 5.41) is 13.1. The SMILES string of the molecule is COc1ccc(-n2nc(C#N)cc2C(=O)OC(=O)C(C)(C)C)cc1. The van der Waals surface area contributed by atoms with Crippen molar-refractivity contribution in [3.8, 4) is 17.5 Å². The summed E-state index contributed by atoms with van der Waals surface area (Å²) in [6, 6.07) is 9.89. The molecule has 0 atom stereocenters. The molecule has 7 heteroatoms. The number of esters is 2. The highest BCUT2D eigenvalue weighted by atomic mass is 16.6. The number of methoxy groups -OCH3 is 1. The zero-order chi connectivity index (χ0) is 17.9. The minimum Gasteiger partial charge on any atom is -0.497 e. The summed E-state index contributed by atoms with van der Waals surface area (Å²) in [6.45, 7) is 4.93. The standard InChI is InChI=1S/C17H17N3O4/c1-17(2,3)16(22)24-15(21)14-9-11(10-18)19-20(14)12-5-7-13(23-4)8-6-12/h5-9H,1-4H3. The average Bonchev–Trinajstić information content (AvgIpc) is 2.98. The molecule has 124 valence electrons. The van der Waals surface area contributed by atoms with Crippen LogP contribution in [0, 0.1) is 16.7 Å². The molecule has 2 aromatic rings. The molecule has 0 radical (unpaired) electrons. The van der Waals surface area contributed by atoms with Crippen molar-refractivity contribution < 1.29 is 19.1 Å². The van der Waals surface area contributed by atoms with Crippen molar-refractivity contribution in [2.75, 3.05) is 7.11 Å². The second kappa shape index (κ2) is 6.54. The third-order valence-corrected chi connectivity index (χ3v) is 3.15. The maximum Gasteiger partial charge on any atom is 0.364 e. The highest BCUT2D eigenvalue weighted by molar-refractivity contribution is 5.97. The topological polar surface area (TPSA) is 94.2 Å². The van der Waals surface area contributed by atoms with Crippen LogP contribution in [-0.4, -0.2) is 28.8 Å². The molecule has 0 spiro atoms. The first-order chi connectivity index (χ1) is 11.3. The molecule has 24 heavy (non-hydrogen) atoms. The van der Waals surface area contributed by atoms with Gasteiger partial charge in [0.25, 0.3) is 0 Å². The van der Waals surface area contributed by atoms with Gasteiger partial charge in [0.2, 0.25) is 0 Å². The summed E-state index contributed by atoms with van der Waals surface area (Å²) in [7, 11) is 1.54. The van der Waals surface area contributed by atoms with Gasteiger partial charge in [-0.2, -0.15) is 10.4 Å². The van der Waals surface area contributed by atoms with Crippen LogP contribution in [0.3, 0.4) is 0 Å². The van der Waals surface area contributed by atoms with Crippen molar-refractivity contribution in [2.45, 2.75) is 20.8 Å². The molecule has 0 saturated heterocycles. The highest BCUT2D eigenvalue weighted by Crippen LogP contribution is 2.20. The van der Waals surface area contributed by atoms with Crippen LogP contribution in [0.5, 0.6) is 5.75 Å². The van der Waals surface area contributed by atoms with Gasteiger partial charge < -0.3 is 9.47 Å². The molecule has 0 fully saturated rings. The predicted molar refractivity (Wildman–Crippen MR) is 84.7 cm³/mol. The zero-order valence-electron chi connectivity index (χ0n) is 13.9. The summed E-state index contributed by atoms with van der Waals surface area (Å²) >= 11 is 0. The number of rotatable bonds is 3. The summed E-state index contributed by atoms with van der Waals surface area (Å²) in [6.07, 6.45) is 0. The molecule has 0 unspecified atom stereocenters. The Bertz CT molecular complexity index is 808. The Morgan fingerprint density at radius 1 is 1.21 bits per heavy atom. The first kappa shape index (κ1) is 17.2. The predicted octanol–water partition coefficient (Wildman–Crippen LogP) is 2.48. The van der Waals surface area contributed by atoms with E-state index in [0.29, 0.717) is 11.4 Å².